The van der Waals surface area contributed by atoms with Crippen LogP contribution in [0.4, 0.5) is 0 Å². The Labute approximate surface area is 251 Å². The summed E-state index contributed by atoms with van der Waals surface area (Å²) < 4.78 is 6.33. The van der Waals surface area contributed by atoms with E-state index in [1.165, 1.54) is 0 Å². The van der Waals surface area contributed by atoms with Gasteiger partial charge in [0, 0.05) is 25.6 Å². The number of rotatable bonds is 14. The lowest BCUT2D eigenvalue weighted by molar-refractivity contribution is -0.138. The summed E-state index contributed by atoms with van der Waals surface area (Å²) in [6, 6.07) is 21.6. The predicted molar refractivity (Wildman–Crippen MR) is 166 cm³/mol. The first kappa shape index (κ1) is 31.5. The zero-order valence-electron chi connectivity index (χ0n) is 24.2. The third-order valence-corrected chi connectivity index (χ3v) is 7.60. The predicted octanol–water partition coefficient (Wildman–Crippen LogP) is 1.31. The highest BCUT2D eigenvalue weighted by Gasteiger charge is 2.39. The number of hydrogen-bond acceptors (Lipinski definition) is 6. The van der Waals surface area contributed by atoms with E-state index >= 15 is 0 Å². The Bertz CT molecular complexity index is 1430. The molecule has 1 saturated heterocycles. The third-order valence-electron chi connectivity index (χ3n) is 7.60. The van der Waals surface area contributed by atoms with Gasteiger partial charge in [-0.05, 0) is 47.2 Å². The summed E-state index contributed by atoms with van der Waals surface area (Å²) >= 11 is 0. The standard InChI is InChI=1S/C32H41N7O4/c33-27(18-29(34)40)30(41)38-28(16-21-7-2-1-3-8-21)31(42)39-19-26(17-25(39)11-6-14-37-32(35)36)43-20-22-12-13-23-9-4-5-10-24(23)15-22/h1-5,7-10,12-13,15,25-28H,6,11,14,16-20,33H2,(H2,34,40)(H,38,41)(H4,35,36,37)/t25-,26+,27+,28-/m1/s1. The van der Waals surface area contributed by atoms with Crippen molar-refractivity contribution in [1.82, 2.24) is 10.2 Å². The molecule has 43 heavy (non-hydrogen) atoms. The highest BCUT2D eigenvalue weighted by atomic mass is 16.5. The summed E-state index contributed by atoms with van der Waals surface area (Å²) in [5.41, 5.74) is 24.0. The SMILES string of the molecule is NC(=O)C[C@H](N)C(=O)N[C@H](Cc1ccccc1)C(=O)N1C[C@@H](OCc2ccc3ccccc3c2)C[C@H]1CCCN=C(N)N. The molecule has 0 saturated carbocycles. The topological polar surface area (TPSA) is 192 Å². The van der Waals surface area contributed by atoms with Crippen molar-refractivity contribution in [2.24, 2.45) is 27.9 Å². The Morgan fingerprint density at radius 3 is 2.40 bits per heavy atom. The lowest BCUT2D eigenvalue weighted by atomic mass is 10.0. The normalized spacial score (nSPS) is 17.7. The second-order valence-corrected chi connectivity index (χ2v) is 11.0. The van der Waals surface area contributed by atoms with Gasteiger partial charge in [0.1, 0.15) is 6.04 Å². The van der Waals surface area contributed by atoms with Gasteiger partial charge in [0.2, 0.25) is 17.7 Å². The number of benzene rings is 3. The van der Waals surface area contributed by atoms with E-state index in [1.54, 1.807) is 4.90 Å². The van der Waals surface area contributed by atoms with Crippen LogP contribution in [-0.2, 0) is 32.1 Å². The Balaban J connectivity index is 1.50. The van der Waals surface area contributed by atoms with Crippen LogP contribution in [0, 0.1) is 0 Å². The number of ether oxygens (including phenoxy) is 1. The van der Waals surface area contributed by atoms with E-state index < -0.39 is 23.9 Å². The van der Waals surface area contributed by atoms with Crippen molar-refractivity contribution >= 4 is 34.5 Å². The number of primary amides is 1. The number of carbonyl (C=O) groups excluding carboxylic acids is 3. The number of guanidine groups is 1. The van der Waals surface area contributed by atoms with Gasteiger partial charge < -0.3 is 37.9 Å². The maximum absolute atomic E-state index is 14.1. The average molecular weight is 588 g/mol. The van der Waals surface area contributed by atoms with Crippen molar-refractivity contribution in [3.8, 4) is 0 Å². The number of nitrogens with one attached hydrogen (secondary N) is 1. The van der Waals surface area contributed by atoms with E-state index in [-0.39, 0.29) is 36.9 Å². The summed E-state index contributed by atoms with van der Waals surface area (Å²) in [6.07, 6.45) is 1.70. The van der Waals surface area contributed by atoms with Crippen LogP contribution in [0.3, 0.4) is 0 Å². The van der Waals surface area contributed by atoms with Gasteiger partial charge in [0.15, 0.2) is 5.96 Å². The fourth-order valence-electron chi connectivity index (χ4n) is 5.45. The van der Waals surface area contributed by atoms with Gasteiger partial charge in [-0.2, -0.15) is 0 Å². The molecule has 1 fully saturated rings. The number of amides is 3. The van der Waals surface area contributed by atoms with Crippen LogP contribution < -0.4 is 28.3 Å². The van der Waals surface area contributed by atoms with Crippen LogP contribution >= 0.6 is 0 Å². The highest BCUT2D eigenvalue weighted by Crippen LogP contribution is 2.27. The molecule has 3 aromatic rings. The molecular weight excluding hydrogens is 546 g/mol. The fourth-order valence-corrected chi connectivity index (χ4v) is 5.45. The average Bonchev–Trinajstić information content (AvgIpc) is 3.40. The maximum Gasteiger partial charge on any atom is 0.245 e. The van der Waals surface area contributed by atoms with Crippen molar-refractivity contribution in [3.63, 3.8) is 0 Å². The largest absolute Gasteiger partial charge is 0.372 e. The molecule has 0 aromatic heterocycles. The molecule has 3 amide bonds. The highest BCUT2D eigenvalue weighted by molar-refractivity contribution is 5.92. The number of likely N-dealkylation sites (tertiary alicyclic amines) is 1. The molecule has 11 nitrogen and oxygen atoms in total. The number of aliphatic imine (C=N–C) groups is 1. The van der Waals surface area contributed by atoms with Crippen LogP contribution in [0.1, 0.15) is 36.8 Å². The number of fused-ring (bicyclic) bond motifs is 1. The molecule has 1 heterocycles. The Morgan fingerprint density at radius 2 is 1.67 bits per heavy atom. The van der Waals surface area contributed by atoms with E-state index in [2.05, 4.69) is 34.6 Å². The first-order chi connectivity index (χ1) is 20.7. The van der Waals surface area contributed by atoms with Crippen molar-refractivity contribution in [3.05, 3.63) is 83.9 Å². The number of hydrogen-bond donors (Lipinski definition) is 5. The second kappa shape index (κ2) is 15.1. The van der Waals surface area contributed by atoms with Gasteiger partial charge in [-0.1, -0.05) is 66.7 Å². The van der Waals surface area contributed by atoms with Crippen molar-refractivity contribution in [2.75, 3.05) is 13.1 Å². The zero-order valence-corrected chi connectivity index (χ0v) is 24.2. The van der Waals surface area contributed by atoms with Crippen LogP contribution in [0.2, 0.25) is 0 Å². The van der Waals surface area contributed by atoms with Gasteiger partial charge >= 0.3 is 0 Å². The summed E-state index contributed by atoms with van der Waals surface area (Å²) in [4.78, 5) is 44.2. The molecule has 1 aliphatic rings. The minimum atomic E-state index is -1.16. The fraction of sp³-hybridized carbons (Fsp3) is 0.375. The first-order valence-electron chi connectivity index (χ1n) is 14.5. The number of nitrogens with zero attached hydrogens (tertiary/aromatic N) is 2. The summed E-state index contributed by atoms with van der Waals surface area (Å²) in [5, 5.41) is 5.08. The molecule has 3 aromatic carbocycles. The van der Waals surface area contributed by atoms with Crippen molar-refractivity contribution in [1.29, 1.82) is 0 Å². The Hall–Kier alpha value is -4.48. The summed E-state index contributed by atoms with van der Waals surface area (Å²) in [6.45, 7) is 1.22. The van der Waals surface area contributed by atoms with Gasteiger partial charge in [-0.15, -0.1) is 0 Å². The van der Waals surface area contributed by atoms with E-state index in [0.29, 0.717) is 39.0 Å². The molecular formula is C32H41N7O4. The van der Waals surface area contributed by atoms with Crippen LogP contribution in [0.15, 0.2) is 77.8 Å². The molecule has 0 aliphatic carbocycles. The molecule has 1 aliphatic heterocycles. The Morgan fingerprint density at radius 1 is 0.953 bits per heavy atom. The quantitative estimate of drug-likeness (QED) is 0.107. The number of carbonyl (C=O) groups is 3. The third kappa shape index (κ3) is 9.25. The lowest BCUT2D eigenvalue weighted by Gasteiger charge is -2.30. The van der Waals surface area contributed by atoms with E-state index in [4.69, 9.17) is 27.7 Å². The van der Waals surface area contributed by atoms with Crippen LogP contribution in [0.5, 0.6) is 0 Å². The number of nitrogens with two attached hydrogens (primary N) is 4. The molecule has 9 N–H and O–H groups in total. The molecule has 4 atom stereocenters. The summed E-state index contributed by atoms with van der Waals surface area (Å²) in [7, 11) is 0. The van der Waals surface area contributed by atoms with E-state index in [0.717, 1.165) is 21.9 Å². The Kier molecular flexibility index (Phi) is 11.1. The molecule has 0 spiro atoms. The first-order valence-corrected chi connectivity index (χ1v) is 14.5. The van der Waals surface area contributed by atoms with Gasteiger partial charge in [-0.25, -0.2) is 0 Å². The minimum absolute atomic E-state index is 0.0221. The van der Waals surface area contributed by atoms with Crippen molar-refractivity contribution in [2.45, 2.75) is 62.9 Å². The minimum Gasteiger partial charge on any atom is -0.372 e. The molecule has 11 heteroatoms. The van der Waals surface area contributed by atoms with E-state index in [9.17, 15) is 14.4 Å². The second-order valence-electron chi connectivity index (χ2n) is 11.0. The van der Waals surface area contributed by atoms with Gasteiger partial charge in [0.05, 0.1) is 25.2 Å². The van der Waals surface area contributed by atoms with Crippen LogP contribution in [0.25, 0.3) is 10.8 Å². The maximum atomic E-state index is 14.1. The zero-order chi connectivity index (χ0) is 30.8. The lowest BCUT2D eigenvalue weighted by Crippen LogP contribution is -2.55. The van der Waals surface area contributed by atoms with Gasteiger partial charge in [0.25, 0.3) is 0 Å². The summed E-state index contributed by atoms with van der Waals surface area (Å²) in [5.74, 6) is -1.53. The van der Waals surface area contributed by atoms with Gasteiger partial charge in [-0.3, -0.25) is 19.4 Å². The molecule has 228 valence electrons. The molecule has 0 unspecified atom stereocenters. The van der Waals surface area contributed by atoms with Crippen molar-refractivity contribution < 1.29 is 19.1 Å². The smallest absolute Gasteiger partial charge is 0.245 e. The van der Waals surface area contributed by atoms with E-state index in [1.807, 2.05) is 48.5 Å². The monoisotopic (exact) mass is 587 g/mol. The molecule has 0 radical (unpaired) electrons. The molecule has 0 bridgehead atoms. The van der Waals surface area contributed by atoms with Crippen LogP contribution in [-0.4, -0.2) is 65.9 Å². The molecule has 4 rings (SSSR count).